The van der Waals surface area contributed by atoms with Crippen molar-refractivity contribution < 1.29 is 14.3 Å². The molecule has 0 saturated carbocycles. The van der Waals surface area contributed by atoms with Crippen LogP contribution in [0.5, 0.6) is 0 Å². The van der Waals surface area contributed by atoms with Gasteiger partial charge in [-0.05, 0) is 19.8 Å². The number of aromatic nitrogens is 4. The second kappa shape index (κ2) is 7.76. The molecule has 0 aromatic carbocycles. The third-order valence-corrected chi connectivity index (χ3v) is 3.66. The highest BCUT2D eigenvalue weighted by Crippen LogP contribution is 2.20. The van der Waals surface area contributed by atoms with Gasteiger partial charge in [0.25, 0.3) is 0 Å². The molecule has 8 nitrogen and oxygen atoms in total. The van der Waals surface area contributed by atoms with Crippen LogP contribution in [0, 0.1) is 0 Å². The van der Waals surface area contributed by atoms with E-state index in [1.807, 2.05) is 13.8 Å². The molecule has 0 aliphatic rings. The maximum atomic E-state index is 12.4. The van der Waals surface area contributed by atoms with Crippen molar-refractivity contribution in [3.05, 3.63) is 29.5 Å². The van der Waals surface area contributed by atoms with E-state index >= 15 is 0 Å². The molecule has 0 atom stereocenters. The standard InChI is InChI=1S/C16H23N5O3/c1-5-11-12(6-2)19-20(4)14(11)18-13(22)10-21-9-8-17-15(21)16(23)24-7-3/h8-9H,5-7,10H2,1-4H3,(H,18,22). The Morgan fingerprint density at radius 2 is 2.00 bits per heavy atom. The normalized spacial score (nSPS) is 10.7. The fourth-order valence-corrected chi connectivity index (χ4v) is 2.58. The van der Waals surface area contributed by atoms with Gasteiger partial charge in [0.1, 0.15) is 12.4 Å². The Bertz CT molecular complexity index is 732. The number of esters is 1. The summed E-state index contributed by atoms with van der Waals surface area (Å²) in [5, 5.41) is 7.31. The third-order valence-electron chi connectivity index (χ3n) is 3.66. The van der Waals surface area contributed by atoms with Crippen molar-refractivity contribution in [2.75, 3.05) is 11.9 Å². The molecule has 0 spiro atoms. The summed E-state index contributed by atoms with van der Waals surface area (Å²) < 4.78 is 8.08. The monoisotopic (exact) mass is 333 g/mol. The van der Waals surface area contributed by atoms with Gasteiger partial charge < -0.3 is 14.6 Å². The molecule has 2 aromatic heterocycles. The first kappa shape index (κ1) is 17.7. The van der Waals surface area contributed by atoms with Gasteiger partial charge in [0.2, 0.25) is 11.7 Å². The number of nitrogens with zero attached hydrogens (tertiary/aromatic N) is 4. The Kier molecular flexibility index (Phi) is 5.73. The van der Waals surface area contributed by atoms with Crippen LogP contribution in [0.2, 0.25) is 0 Å². The number of carbonyl (C=O) groups excluding carboxylic acids is 2. The smallest absolute Gasteiger partial charge is 0.374 e. The Morgan fingerprint density at radius 3 is 2.62 bits per heavy atom. The number of aryl methyl sites for hydroxylation is 2. The summed E-state index contributed by atoms with van der Waals surface area (Å²) in [5.41, 5.74) is 2.01. The summed E-state index contributed by atoms with van der Waals surface area (Å²) in [6, 6.07) is 0. The van der Waals surface area contributed by atoms with E-state index in [0.29, 0.717) is 5.82 Å². The maximum absolute atomic E-state index is 12.4. The van der Waals surface area contributed by atoms with Crippen LogP contribution in [-0.2, 0) is 36.0 Å². The van der Waals surface area contributed by atoms with Crippen LogP contribution in [0.3, 0.4) is 0 Å². The minimum Gasteiger partial charge on any atom is -0.460 e. The van der Waals surface area contributed by atoms with Crippen LogP contribution in [0.4, 0.5) is 5.82 Å². The van der Waals surface area contributed by atoms with Gasteiger partial charge in [-0.15, -0.1) is 0 Å². The molecule has 0 fully saturated rings. The fraction of sp³-hybridized carbons (Fsp3) is 0.500. The van der Waals surface area contributed by atoms with Crippen LogP contribution in [0.25, 0.3) is 0 Å². The number of anilines is 1. The summed E-state index contributed by atoms with van der Waals surface area (Å²) in [7, 11) is 1.80. The summed E-state index contributed by atoms with van der Waals surface area (Å²) >= 11 is 0. The number of hydrogen-bond acceptors (Lipinski definition) is 5. The van der Waals surface area contributed by atoms with Crippen molar-refractivity contribution in [2.24, 2.45) is 7.05 Å². The average molecular weight is 333 g/mol. The van der Waals surface area contributed by atoms with E-state index < -0.39 is 5.97 Å². The van der Waals surface area contributed by atoms with Crippen molar-refractivity contribution in [3.8, 4) is 0 Å². The summed E-state index contributed by atoms with van der Waals surface area (Å²) in [4.78, 5) is 28.1. The number of carbonyl (C=O) groups is 2. The number of imidazole rings is 1. The number of amides is 1. The number of rotatable bonds is 7. The predicted octanol–water partition coefficient (Wildman–Crippen LogP) is 1.56. The predicted molar refractivity (Wildman–Crippen MR) is 88.8 cm³/mol. The van der Waals surface area contributed by atoms with Crippen molar-refractivity contribution in [2.45, 2.75) is 40.2 Å². The molecular weight excluding hydrogens is 310 g/mol. The zero-order chi connectivity index (χ0) is 17.7. The van der Waals surface area contributed by atoms with Gasteiger partial charge >= 0.3 is 5.97 Å². The zero-order valence-corrected chi connectivity index (χ0v) is 14.5. The lowest BCUT2D eigenvalue weighted by Crippen LogP contribution is -2.23. The van der Waals surface area contributed by atoms with Gasteiger partial charge in [-0.25, -0.2) is 9.78 Å². The van der Waals surface area contributed by atoms with E-state index in [0.717, 1.165) is 24.1 Å². The molecule has 0 saturated heterocycles. The lowest BCUT2D eigenvalue weighted by Gasteiger charge is -2.10. The average Bonchev–Trinajstić information content (AvgIpc) is 3.12. The number of nitrogens with one attached hydrogen (secondary N) is 1. The minimum atomic E-state index is -0.543. The summed E-state index contributed by atoms with van der Waals surface area (Å²) in [5.74, 6) is 0.0105. The molecule has 0 aliphatic heterocycles. The van der Waals surface area contributed by atoms with Gasteiger partial charge in [-0.2, -0.15) is 5.10 Å². The lowest BCUT2D eigenvalue weighted by molar-refractivity contribution is -0.116. The lowest BCUT2D eigenvalue weighted by atomic mass is 10.1. The third kappa shape index (κ3) is 3.64. The molecule has 2 rings (SSSR count). The van der Waals surface area contributed by atoms with E-state index in [-0.39, 0.29) is 24.9 Å². The molecule has 2 aromatic rings. The van der Waals surface area contributed by atoms with E-state index in [1.54, 1.807) is 24.9 Å². The highest BCUT2D eigenvalue weighted by molar-refractivity contribution is 5.92. The number of ether oxygens (including phenoxy) is 1. The fourth-order valence-electron chi connectivity index (χ4n) is 2.58. The minimum absolute atomic E-state index is 0.0239. The molecule has 24 heavy (non-hydrogen) atoms. The molecule has 0 bridgehead atoms. The van der Waals surface area contributed by atoms with Crippen LogP contribution in [-0.4, -0.2) is 37.8 Å². The Balaban J connectivity index is 2.14. The largest absolute Gasteiger partial charge is 0.460 e. The van der Waals surface area contributed by atoms with Gasteiger partial charge in [0, 0.05) is 25.0 Å². The first-order chi connectivity index (χ1) is 11.5. The van der Waals surface area contributed by atoms with Crippen molar-refractivity contribution >= 4 is 17.7 Å². The van der Waals surface area contributed by atoms with Crippen LogP contribution in [0.15, 0.2) is 12.4 Å². The first-order valence-corrected chi connectivity index (χ1v) is 8.04. The van der Waals surface area contributed by atoms with Gasteiger partial charge in [0.05, 0.1) is 12.3 Å². The van der Waals surface area contributed by atoms with E-state index in [4.69, 9.17) is 4.74 Å². The second-order valence-electron chi connectivity index (χ2n) is 5.25. The molecule has 8 heteroatoms. The molecule has 1 amide bonds. The molecule has 0 aliphatic carbocycles. The zero-order valence-electron chi connectivity index (χ0n) is 14.5. The van der Waals surface area contributed by atoms with Gasteiger partial charge in [-0.3, -0.25) is 9.48 Å². The maximum Gasteiger partial charge on any atom is 0.374 e. The molecule has 0 unspecified atom stereocenters. The molecular formula is C16H23N5O3. The molecule has 1 N–H and O–H groups in total. The van der Waals surface area contributed by atoms with Crippen LogP contribution >= 0.6 is 0 Å². The SMILES string of the molecule is CCOC(=O)c1nccn1CC(=O)Nc1c(CC)c(CC)nn1C. The Hall–Kier alpha value is -2.64. The quantitative estimate of drug-likeness (QED) is 0.776. The van der Waals surface area contributed by atoms with Crippen molar-refractivity contribution in [1.29, 1.82) is 0 Å². The van der Waals surface area contributed by atoms with E-state index in [2.05, 4.69) is 15.4 Å². The summed E-state index contributed by atoms with van der Waals surface area (Å²) in [6.45, 7) is 6.01. The molecule has 130 valence electrons. The van der Waals surface area contributed by atoms with Crippen molar-refractivity contribution in [3.63, 3.8) is 0 Å². The molecule has 0 radical (unpaired) electrons. The Labute approximate surface area is 140 Å². The van der Waals surface area contributed by atoms with Gasteiger partial charge in [-0.1, -0.05) is 13.8 Å². The topological polar surface area (TPSA) is 91.0 Å². The second-order valence-corrected chi connectivity index (χ2v) is 5.25. The van der Waals surface area contributed by atoms with E-state index in [9.17, 15) is 9.59 Å². The summed E-state index contributed by atoms with van der Waals surface area (Å²) in [6.07, 6.45) is 4.64. The highest BCUT2D eigenvalue weighted by atomic mass is 16.5. The van der Waals surface area contributed by atoms with E-state index in [1.165, 1.54) is 10.8 Å². The van der Waals surface area contributed by atoms with Crippen molar-refractivity contribution in [1.82, 2.24) is 19.3 Å². The Morgan fingerprint density at radius 1 is 1.25 bits per heavy atom. The highest BCUT2D eigenvalue weighted by Gasteiger charge is 2.19. The molecule has 2 heterocycles. The van der Waals surface area contributed by atoms with Gasteiger partial charge in [0.15, 0.2) is 0 Å². The van der Waals surface area contributed by atoms with Crippen LogP contribution < -0.4 is 5.32 Å². The van der Waals surface area contributed by atoms with Crippen LogP contribution in [0.1, 0.15) is 42.6 Å². The number of hydrogen-bond donors (Lipinski definition) is 1. The first-order valence-electron chi connectivity index (χ1n) is 8.04.